The zero-order valence-corrected chi connectivity index (χ0v) is 9.94. The second-order valence-electron chi connectivity index (χ2n) is 4.61. The predicted molar refractivity (Wildman–Crippen MR) is 63.1 cm³/mol. The van der Waals surface area contributed by atoms with E-state index in [9.17, 15) is 4.79 Å². The second-order valence-corrected chi connectivity index (χ2v) is 4.61. The number of aryl methyl sites for hydroxylation is 1. The first-order valence-corrected chi connectivity index (χ1v) is 5.82. The van der Waals surface area contributed by atoms with Gasteiger partial charge < -0.3 is 0 Å². The molecular weight excluding hydrogens is 200 g/mol. The van der Waals surface area contributed by atoms with Crippen LogP contribution in [-0.4, -0.2) is 28.3 Å². The summed E-state index contributed by atoms with van der Waals surface area (Å²) in [6.07, 6.45) is 5.14. The Morgan fingerprint density at radius 2 is 2.38 bits per heavy atom. The molecule has 1 atom stereocenters. The first-order chi connectivity index (χ1) is 7.66. The van der Waals surface area contributed by atoms with Gasteiger partial charge in [0.2, 0.25) is 0 Å². The quantitative estimate of drug-likeness (QED) is 0.760. The van der Waals surface area contributed by atoms with E-state index in [4.69, 9.17) is 0 Å². The maximum Gasteiger partial charge on any atom is 0.135 e. The number of Topliss-reactive ketones (excluding diaryl/α,β-unsaturated/α-hetero) is 1. The van der Waals surface area contributed by atoms with Crippen LogP contribution < -0.4 is 0 Å². The summed E-state index contributed by atoms with van der Waals surface area (Å²) in [5.41, 5.74) is 2.54. The number of carbonyl (C=O) groups is 1. The van der Waals surface area contributed by atoms with Crippen LogP contribution in [0.25, 0.3) is 0 Å². The molecule has 1 aromatic heterocycles. The molecule has 1 unspecified atom stereocenters. The SMILES string of the molecule is Cc1ccncc1CN1CCC(=O)CC1C. The van der Waals surface area contributed by atoms with Crippen molar-refractivity contribution in [1.29, 1.82) is 0 Å². The lowest BCUT2D eigenvalue weighted by molar-refractivity contribution is -0.123. The number of piperidine rings is 1. The summed E-state index contributed by atoms with van der Waals surface area (Å²) in [7, 11) is 0. The standard InChI is InChI=1S/C13H18N2O/c1-10-3-5-14-8-12(10)9-15-6-4-13(16)7-11(15)2/h3,5,8,11H,4,6-7,9H2,1-2H3. The van der Waals surface area contributed by atoms with Crippen molar-refractivity contribution < 1.29 is 4.79 Å². The molecule has 0 N–H and O–H groups in total. The van der Waals surface area contributed by atoms with Gasteiger partial charge in [-0.15, -0.1) is 0 Å². The molecular formula is C13H18N2O. The van der Waals surface area contributed by atoms with Crippen molar-refractivity contribution in [3.63, 3.8) is 0 Å². The van der Waals surface area contributed by atoms with Crippen molar-refractivity contribution >= 4 is 5.78 Å². The van der Waals surface area contributed by atoms with Crippen LogP contribution in [0.2, 0.25) is 0 Å². The van der Waals surface area contributed by atoms with Crippen molar-refractivity contribution in [2.45, 2.75) is 39.3 Å². The molecule has 1 aliphatic rings. The monoisotopic (exact) mass is 218 g/mol. The van der Waals surface area contributed by atoms with Crippen LogP contribution in [-0.2, 0) is 11.3 Å². The van der Waals surface area contributed by atoms with Gasteiger partial charge in [-0.25, -0.2) is 0 Å². The first-order valence-electron chi connectivity index (χ1n) is 5.82. The number of aromatic nitrogens is 1. The molecule has 2 rings (SSSR count). The van der Waals surface area contributed by atoms with Gasteiger partial charge >= 0.3 is 0 Å². The topological polar surface area (TPSA) is 33.2 Å². The number of carbonyl (C=O) groups excluding carboxylic acids is 1. The third-order valence-electron chi connectivity index (χ3n) is 3.35. The van der Waals surface area contributed by atoms with Gasteiger partial charge in [0.1, 0.15) is 5.78 Å². The van der Waals surface area contributed by atoms with Crippen LogP contribution in [0.1, 0.15) is 30.9 Å². The second kappa shape index (κ2) is 4.74. The van der Waals surface area contributed by atoms with E-state index < -0.39 is 0 Å². The largest absolute Gasteiger partial charge is 0.300 e. The highest BCUT2D eigenvalue weighted by Crippen LogP contribution is 2.18. The molecule has 0 aromatic carbocycles. The zero-order chi connectivity index (χ0) is 11.5. The highest BCUT2D eigenvalue weighted by molar-refractivity contribution is 5.79. The van der Waals surface area contributed by atoms with Crippen molar-refractivity contribution in [3.05, 3.63) is 29.6 Å². The normalized spacial score (nSPS) is 22.4. The Labute approximate surface area is 96.5 Å². The van der Waals surface area contributed by atoms with Crippen LogP contribution in [0, 0.1) is 6.92 Å². The summed E-state index contributed by atoms with van der Waals surface area (Å²) in [6, 6.07) is 2.40. The van der Waals surface area contributed by atoms with E-state index in [1.165, 1.54) is 11.1 Å². The number of hydrogen-bond donors (Lipinski definition) is 0. The smallest absolute Gasteiger partial charge is 0.135 e. The molecule has 0 radical (unpaired) electrons. The maximum atomic E-state index is 11.3. The molecule has 1 saturated heterocycles. The molecule has 1 aromatic rings. The molecule has 3 heteroatoms. The molecule has 86 valence electrons. The van der Waals surface area contributed by atoms with Crippen molar-refractivity contribution in [2.75, 3.05) is 6.54 Å². The number of rotatable bonds is 2. The fraction of sp³-hybridized carbons (Fsp3) is 0.538. The number of hydrogen-bond acceptors (Lipinski definition) is 3. The van der Waals surface area contributed by atoms with E-state index in [0.29, 0.717) is 24.7 Å². The average molecular weight is 218 g/mol. The molecule has 1 aliphatic heterocycles. The lowest BCUT2D eigenvalue weighted by Crippen LogP contribution is -2.40. The lowest BCUT2D eigenvalue weighted by atomic mass is 10.0. The Balaban J connectivity index is 2.05. The Morgan fingerprint density at radius 1 is 1.56 bits per heavy atom. The summed E-state index contributed by atoms with van der Waals surface area (Å²) in [6.45, 7) is 6.03. The van der Waals surface area contributed by atoms with E-state index in [1.807, 2.05) is 18.5 Å². The van der Waals surface area contributed by atoms with Gasteiger partial charge in [-0.3, -0.25) is 14.7 Å². The van der Waals surface area contributed by atoms with Crippen molar-refractivity contribution in [1.82, 2.24) is 9.88 Å². The Kier molecular flexibility index (Phi) is 3.34. The molecule has 0 bridgehead atoms. The van der Waals surface area contributed by atoms with Crippen LogP contribution in [0.3, 0.4) is 0 Å². The summed E-state index contributed by atoms with van der Waals surface area (Å²) in [5, 5.41) is 0. The van der Waals surface area contributed by atoms with Crippen LogP contribution in [0.4, 0.5) is 0 Å². The van der Waals surface area contributed by atoms with E-state index in [-0.39, 0.29) is 0 Å². The summed E-state index contributed by atoms with van der Waals surface area (Å²) in [5.74, 6) is 0.395. The van der Waals surface area contributed by atoms with Crippen LogP contribution in [0.15, 0.2) is 18.5 Å². The minimum atomic E-state index is 0.362. The Hall–Kier alpha value is -1.22. The third-order valence-corrected chi connectivity index (χ3v) is 3.35. The van der Waals surface area contributed by atoms with E-state index in [2.05, 4.69) is 23.7 Å². The van der Waals surface area contributed by atoms with Gasteiger partial charge in [0.05, 0.1) is 0 Å². The van der Waals surface area contributed by atoms with Crippen molar-refractivity contribution in [2.24, 2.45) is 0 Å². The van der Waals surface area contributed by atoms with Crippen LogP contribution in [0.5, 0.6) is 0 Å². The molecule has 2 heterocycles. The van der Waals surface area contributed by atoms with Gasteiger partial charge in [-0.05, 0) is 31.0 Å². The minimum absolute atomic E-state index is 0.362. The molecule has 0 spiro atoms. The number of ketones is 1. The third kappa shape index (κ3) is 2.47. The number of pyridine rings is 1. The molecule has 0 aliphatic carbocycles. The number of nitrogens with zero attached hydrogens (tertiary/aromatic N) is 2. The molecule has 0 amide bonds. The van der Waals surface area contributed by atoms with Gasteiger partial charge in [0, 0.05) is 44.4 Å². The molecule has 16 heavy (non-hydrogen) atoms. The fourth-order valence-electron chi connectivity index (χ4n) is 2.17. The highest BCUT2D eigenvalue weighted by Gasteiger charge is 2.23. The summed E-state index contributed by atoms with van der Waals surface area (Å²) < 4.78 is 0. The summed E-state index contributed by atoms with van der Waals surface area (Å²) in [4.78, 5) is 17.8. The summed E-state index contributed by atoms with van der Waals surface area (Å²) >= 11 is 0. The highest BCUT2D eigenvalue weighted by atomic mass is 16.1. The molecule has 3 nitrogen and oxygen atoms in total. The minimum Gasteiger partial charge on any atom is -0.300 e. The predicted octanol–water partition coefficient (Wildman–Crippen LogP) is 1.94. The van der Waals surface area contributed by atoms with Gasteiger partial charge in [0.25, 0.3) is 0 Å². The molecule has 1 fully saturated rings. The van der Waals surface area contributed by atoms with E-state index in [1.54, 1.807) is 0 Å². The van der Waals surface area contributed by atoms with E-state index >= 15 is 0 Å². The average Bonchev–Trinajstić information content (AvgIpc) is 2.25. The van der Waals surface area contributed by atoms with E-state index in [0.717, 1.165) is 13.1 Å². The van der Waals surface area contributed by atoms with Gasteiger partial charge in [-0.2, -0.15) is 0 Å². The number of likely N-dealkylation sites (tertiary alicyclic amines) is 1. The lowest BCUT2D eigenvalue weighted by Gasteiger charge is -2.32. The maximum absolute atomic E-state index is 11.3. The molecule has 0 saturated carbocycles. The van der Waals surface area contributed by atoms with Crippen LogP contribution >= 0.6 is 0 Å². The Bertz CT molecular complexity index is 389. The van der Waals surface area contributed by atoms with Crippen molar-refractivity contribution in [3.8, 4) is 0 Å². The Morgan fingerprint density at radius 3 is 3.06 bits per heavy atom. The van der Waals surface area contributed by atoms with Gasteiger partial charge in [0.15, 0.2) is 0 Å². The fourth-order valence-corrected chi connectivity index (χ4v) is 2.17. The zero-order valence-electron chi connectivity index (χ0n) is 9.94. The van der Waals surface area contributed by atoms with Gasteiger partial charge in [-0.1, -0.05) is 0 Å². The first kappa shape index (κ1) is 11.3.